The van der Waals surface area contributed by atoms with Crippen molar-refractivity contribution in [1.29, 1.82) is 0 Å². The Labute approximate surface area is 328 Å². The Morgan fingerprint density at radius 2 is 1.69 bits per heavy atom. The van der Waals surface area contributed by atoms with E-state index in [4.69, 9.17) is 9.47 Å². The van der Waals surface area contributed by atoms with Gasteiger partial charge in [-0.05, 0) is 91.8 Å². The third kappa shape index (κ3) is 9.64. The highest BCUT2D eigenvalue weighted by Gasteiger charge is 2.31. The molecule has 1 heterocycles. The zero-order valence-electron chi connectivity index (χ0n) is 30.6. The van der Waals surface area contributed by atoms with Crippen LogP contribution in [-0.4, -0.2) is 42.5 Å². The van der Waals surface area contributed by atoms with Crippen LogP contribution in [0.15, 0.2) is 114 Å². The van der Waals surface area contributed by atoms with Crippen LogP contribution in [0.4, 0.5) is 10.7 Å². The fourth-order valence-corrected chi connectivity index (χ4v) is 8.72. The van der Waals surface area contributed by atoms with Gasteiger partial charge in [0, 0.05) is 32.7 Å². The predicted octanol–water partition coefficient (Wildman–Crippen LogP) is 8.65. The van der Waals surface area contributed by atoms with E-state index in [1.54, 1.807) is 61.5 Å². The topological polar surface area (TPSA) is 143 Å². The second-order valence-corrected chi connectivity index (χ2v) is 15.2. The molecule has 4 aromatic carbocycles. The van der Waals surface area contributed by atoms with Crippen molar-refractivity contribution in [3.05, 3.63) is 142 Å². The lowest BCUT2D eigenvalue weighted by molar-refractivity contribution is -0.116. The molecular weight excluding hydrogens is 735 g/mol. The Kier molecular flexibility index (Phi) is 12.7. The quantitative estimate of drug-likeness (QED) is 0.0529. The predicted molar refractivity (Wildman–Crippen MR) is 217 cm³/mol. The molecule has 5 aromatic rings. The summed E-state index contributed by atoms with van der Waals surface area (Å²) in [5, 5.41) is 18.4. The van der Waals surface area contributed by atoms with Crippen molar-refractivity contribution in [2.75, 3.05) is 24.4 Å². The molecule has 0 fully saturated rings. The van der Waals surface area contributed by atoms with Crippen molar-refractivity contribution in [1.82, 2.24) is 5.32 Å². The SMILES string of the molecule is CCOC(=O)c1c(NC(=O)C(Sc2cccc(NC(=O)/C(=C\c3ccc(O)cc3OC)NC(=O)c3ccccc3)c2)c2ccccc2)sc2c1CCC(C)C2. The average Bonchev–Trinajstić information content (AvgIpc) is 3.54. The fourth-order valence-electron chi connectivity index (χ4n) is 6.23. The van der Waals surface area contributed by atoms with Gasteiger partial charge in [-0.2, -0.15) is 0 Å². The lowest BCUT2D eigenvalue weighted by atomic mass is 9.88. The van der Waals surface area contributed by atoms with Gasteiger partial charge in [0.05, 0.1) is 19.3 Å². The molecule has 0 bridgehead atoms. The lowest BCUT2D eigenvalue weighted by Crippen LogP contribution is -2.30. The monoisotopic (exact) mass is 775 g/mol. The van der Waals surface area contributed by atoms with E-state index < -0.39 is 23.0 Å². The summed E-state index contributed by atoms with van der Waals surface area (Å²) in [6.45, 7) is 4.18. The van der Waals surface area contributed by atoms with Gasteiger partial charge in [-0.3, -0.25) is 14.4 Å². The maximum absolute atomic E-state index is 14.2. The summed E-state index contributed by atoms with van der Waals surface area (Å²) < 4.78 is 10.8. The van der Waals surface area contributed by atoms with E-state index in [2.05, 4.69) is 22.9 Å². The molecule has 3 amide bonds. The first-order chi connectivity index (χ1) is 26.6. The fraction of sp³-hybridized carbons (Fsp3) is 0.209. The van der Waals surface area contributed by atoms with Crippen molar-refractivity contribution in [3.63, 3.8) is 0 Å². The van der Waals surface area contributed by atoms with Gasteiger partial charge in [0.15, 0.2) is 0 Å². The Bertz CT molecular complexity index is 2220. The van der Waals surface area contributed by atoms with Crippen LogP contribution in [0, 0.1) is 5.92 Å². The van der Waals surface area contributed by atoms with Gasteiger partial charge < -0.3 is 30.5 Å². The Morgan fingerprint density at radius 1 is 0.945 bits per heavy atom. The molecule has 4 N–H and O–H groups in total. The second kappa shape index (κ2) is 18.0. The van der Waals surface area contributed by atoms with E-state index >= 15 is 0 Å². The van der Waals surface area contributed by atoms with Crippen LogP contribution in [0.5, 0.6) is 11.5 Å². The summed E-state index contributed by atoms with van der Waals surface area (Å²) in [4.78, 5) is 56.3. The number of phenols is 1. The molecule has 2 atom stereocenters. The molecule has 0 spiro atoms. The Hall–Kier alpha value is -5.85. The molecule has 0 saturated carbocycles. The number of hydrogen-bond acceptors (Lipinski definition) is 9. The zero-order valence-corrected chi connectivity index (χ0v) is 32.2. The highest BCUT2D eigenvalue weighted by atomic mass is 32.2. The molecule has 282 valence electrons. The van der Waals surface area contributed by atoms with E-state index in [0.717, 1.165) is 35.3 Å². The maximum atomic E-state index is 14.2. The van der Waals surface area contributed by atoms with Crippen LogP contribution in [0.3, 0.4) is 0 Å². The third-order valence-electron chi connectivity index (χ3n) is 8.96. The number of benzene rings is 4. The van der Waals surface area contributed by atoms with Crippen molar-refractivity contribution >= 4 is 63.6 Å². The zero-order chi connectivity index (χ0) is 38.9. The normalized spacial score (nSPS) is 14.2. The van der Waals surface area contributed by atoms with Gasteiger partial charge in [0.25, 0.3) is 11.8 Å². The number of thioether (sulfide) groups is 1. The maximum Gasteiger partial charge on any atom is 0.341 e. The number of carbonyl (C=O) groups excluding carboxylic acids is 4. The van der Waals surface area contributed by atoms with Crippen LogP contribution in [0.25, 0.3) is 6.08 Å². The van der Waals surface area contributed by atoms with Gasteiger partial charge in [0.1, 0.15) is 27.4 Å². The molecule has 6 rings (SSSR count). The number of esters is 1. The van der Waals surface area contributed by atoms with Crippen LogP contribution < -0.4 is 20.7 Å². The van der Waals surface area contributed by atoms with Crippen molar-refractivity contribution < 1.29 is 33.8 Å². The van der Waals surface area contributed by atoms with Crippen molar-refractivity contribution in [3.8, 4) is 11.5 Å². The number of fused-ring (bicyclic) bond motifs is 1. The van der Waals surface area contributed by atoms with Gasteiger partial charge in [-0.1, -0.05) is 61.5 Å². The number of anilines is 2. The highest BCUT2D eigenvalue weighted by molar-refractivity contribution is 8.00. The minimum absolute atomic E-state index is 0.0197. The molecule has 1 aliphatic carbocycles. The highest BCUT2D eigenvalue weighted by Crippen LogP contribution is 2.42. The molecule has 2 unspecified atom stereocenters. The van der Waals surface area contributed by atoms with Crippen molar-refractivity contribution in [2.45, 2.75) is 43.3 Å². The van der Waals surface area contributed by atoms with E-state index in [1.165, 1.54) is 48.4 Å². The summed E-state index contributed by atoms with van der Waals surface area (Å²) in [6, 6.07) is 29.4. The smallest absolute Gasteiger partial charge is 0.341 e. The number of amides is 3. The number of rotatable bonds is 13. The van der Waals surface area contributed by atoms with Crippen molar-refractivity contribution in [2.24, 2.45) is 5.92 Å². The van der Waals surface area contributed by atoms with E-state index in [1.807, 2.05) is 36.4 Å². The minimum atomic E-state index is -0.720. The van der Waals surface area contributed by atoms with Crippen LogP contribution in [0.2, 0.25) is 0 Å². The van der Waals surface area contributed by atoms with Crippen LogP contribution >= 0.6 is 23.1 Å². The standard InChI is InChI=1S/C43H41N3O7S2/c1-4-53-43(51)37-33-21-18-26(2)22-36(33)55-42(37)46-41(50)38(27-12-7-5-8-13-27)54-32-17-11-16-30(24-32)44-40(49)34(45-39(48)28-14-9-6-10-15-28)23-29-19-20-31(47)25-35(29)52-3/h5-17,19-20,23-26,38,47H,4,18,21-22H2,1-3H3,(H,44,49)(H,45,48)(H,46,50)/b34-23+. The van der Waals surface area contributed by atoms with E-state index in [-0.39, 0.29) is 24.0 Å². The number of carbonyl (C=O) groups is 4. The lowest BCUT2D eigenvalue weighted by Gasteiger charge is -2.19. The number of methoxy groups -OCH3 is 1. The van der Waals surface area contributed by atoms with Gasteiger partial charge in [-0.25, -0.2) is 4.79 Å². The summed E-state index contributed by atoms with van der Waals surface area (Å²) in [6.07, 6.45) is 4.02. The molecule has 10 nitrogen and oxygen atoms in total. The summed E-state index contributed by atoms with van der Waals surface area (Å²) in [7, 11) is 1.44. The van der Waals surface area contributed by atoms with Gasteiger partial charge in [0.2, 0.25) is 5.91 Å². The second-order valence-electron chi connectivity index (χ2n) is 13.0. The third-order valence-corrected chi connectivity index (χ3v) is 11.4. The molecule has 1 aliphatic rings. The number of thiophene rings is 1. The summed E-state index contributed by atoms with van der Waals surface area (Å²) in [5.74, 6) is -1.08. The molecule has 1 aromatic heterocycles. The number of nitrogens with one attached hydrogen (secondary N) is 3. The molecule has 0 radical (unpaired) electrons. The van der Waals surface area contributed by atoms with Gasteiger partial charge >= 0.3 is 5.97 Å². The molecule has 55 heavy (non-hydrogen) atoms. The first kappa shape index (κ1) is 38.9. The molecular formula is C43H41N3O7S2. The summed E-state index contributed by atoms with van der Waals surface area (Å²) in [5.41, 5.74) is 3.32. The first-order valence-corrected chi connectivity index (χ1v) is 19.5. The van der Waals surface area contributed by atoms with E-state index in [0.29, 0.717) is 43.9 Å². The minimum Gasteiger partial charge on any atom is -0.508 e. The van der Waals surface area contributed by atoms with E-state index in [9.17, 15) is 24.3 Å². The molecule has 0 saturated heterocycles. The number of aromatic hydroxyl groups is 1. The van der Waals surface area contributed by atoms with Crippen LogP contribution in [0.1, 0.15) is 67.8 Å². The molecule has 0 aliphatic heterocycles. The average molecular weight is 776 g/mol. The first-order valence-electron chi connectivity index (χ1n) is 17.8. The number of ether oxygens (including phenoxy) is 2. The number of phenolic OH excluding ortho intramolecular Hbond substituents is 1. The molecule has 12 heteroatoms. The van der Waals surface area contributed by atoms with Crippen LogP contribution in [-0.2, 0) is 27.2 Å². The number of hydrogen-bond donors (Lipinski definition) is 4. The Morgan fingerprint density at radius 3 is 2.42 bits per heavy atom. The Balaban J connectivity index is 1.27. The van der Waals surface area contributed by atoms with Gasteiger partial charge in [-0.15, -0.1) is 23.1 Å². The largest absolute Gasteiger partial charge is 0.508 e. The summed E-state index contributed by atoms with van der Waals surface area (Å²) >= 11 is 2.74.